The molecule has 3 rings (SSSR count). The van der Waals surface area contributed by atoms with Crippen molar-refractivity contribution in [1.82, 2.24) is 9.55 Å². The number of rotatable bonds is 6. The van der Waals surface area contributed by atoms with E-state index >= 15 is 0 Å². The Balaban J connectivity index is 1.95. The summed E-state index contributed by atoms with van der Waals surface area (Å²) in [7, 11) is 1.77. The molecule has 1 heterocycles. The van der Waals surface area contributed by atoms with E-state index in [1.54, 1.807) is 7.11 Å². The second kappa shape index (κ2) is 5.66. The third kappa shape index (κ3) is 2.74. The van der Waals surface area contributed by atoms with Gasteiger partial charge in [-0.2, -0.15) is 0 Å². The zero-order chi connectivity index (χ0) is 14.2. The van der Waals surface area contributed by atoms with Crippen LogP contribution < -0.4 is 0 Å². The maximum absolute atomic E-state index is 6.08. The van der Waals surface area contributed by atoms with Crippen molar-refractivity contribution in [3.8, 4) is 0 Å². The van der Waals surface area contributed by atoms with Crippen molar-refractivity contribution in [2.75, 3.05) is 13.7 Å². The molecule has 1 aliphatic carbocycles. The van der Waals surface area contributed by atoms with E-state index in [9.17, 15) is 0 Å². The first-order valence-corrected chi connectivity index (χ1v) is 8.20. The Morgan fingerprint density at radius 1 is 1.45 bits per heavy atom. The number of hydrogen-bond donors (Lipinski definition) is 0. The minimum Gasteiger partial charge on any atom is -0.385 e. The Hall–Kier alpha value is -0.580. The zero-order valence-electron chi connectivity index (χ0n) is 11.5. The summed E-state index contributed by atoms with van der Waals surface area (Å²) in [5, 5.41) is 0. The third-order valence-corrected chi connectivity index (χ3v) is 4.93. The smallest absolute Gasteiger partial charge is 0.124 e. The van der Waals surface area contributed by atoms with E-state index in [0.717, 1.165) is 35.4 Å². The van der Waals surface area contributed by atoms with E-state index in [1.807, 2.05) is 12.1 Å². The van der Waals surface area contributed by atoms with Crippen LogP contribution in [0.4, 0.5) is 0 Å². The Labute approximate surface area is 132 Å². The molecule has 1 saturated carbocycles. The average Bonchev–Trinajstić information content (AvgIpc) is 3.14. The average molecular weight is 358 g/mol. The van der Waals surface area contributed by atoms with Crippen LogP contribution >= 0.6 is 27.5 Å². The molecule has 1 aromatic heterocycles. The number of methoxy groups -OCH3 is 1. The van der Waals surface area contributed by atoms with Crippen LogP contribution in [-0.2, 0) is 17.2 Å². The van der Waals surface area contributed by atoms with E-state index in [0.29, 0.717) is 11.3 Å². The first-order chi connectivity index (χ1) is 9.67. The standard InChI is InChI=1S/C15H18BrClN2O/c1-20-7-6-15(4-5-15)10-19-13-8-11(16)2-3-12(13)18-14(19)9-17/h2-3,8H,4-7,9-10H2,1H3. The topological polar surface area (TPSA) is 27.1 Å². The predicted molar refractivity (Wildman–Crippen MR) is 85.2 cm³/mol. The quantitative estimate of drug-likeness (QED) is 0.718. The van der Waals surface area contributed by atoms with Gasteiger partial charge in [0.1, 0.15) is 5.82 Å². The van der Waals surface area contributed by atoms with Gasteiger partial charge < -0.3 is 9.30 Å². The second-order valence-electron chi connectivity index (χ2n) is 5.62. The summed E-state index contributed by atoms with van der Waals surface area (Å²) in [6.45, 7) is 1.82. The van der Waals surface area contributed by atoms with Crippen LogP contribution in [0.1, 0.15) is 25.1 Å². The molecular formula is C15H18BrClN2O. The Bertz CT molecular complexity index is 622. The number of benzene rings is 1. The highest BCUT2D eigenvalue weighted by molar-refractivity contribution is 9.10. The molecule has 0 saturated heterocycles. The molecule has 0 bridgehead atoms. The molecule has 2 aromatic rings. The molecule has 0 N–H and O–H groups in total. The van der Waals surface area contributed by atoms with Gasteiger partial charge in [0.25, 0.3) is 0 Å². The van der Waals surface area contributed by atoms with E-state index < -0.39 is 0 Å². The van der Waals surface area contributed by atoms with Gasteiger partial charge in [-0.15, -0.1) is 11.6 Å². The van der Waals surface area contributed by atoms with Crippen LogP contribution in [0, 0.1) is 5.41 Å². The molecule has 1 aromatic carbocycles. The predicted octanol–water partition coefficient (Wildman–Crippen LogP) is 4.35. The zero-order valence-corrected chi connectivity index (χ0v) is 13.9. The number of fused-ring (bicyclic) bond motifs is 1. The molecule has 108 valence electrons. The molecule has 0 amide bonds. The van der Waals surface area contributed by atoms with E-state index in [4.69, 9.17) is 16.3 Å². The fourth-order valence-electron chi connectivity index (χ4n) is 2.74. The molecule has 0 unspecified atom stereocenters. The summed E-state index contributed by atoms with van der Waals surface area (Å²) < 4.78 is 8.61. The molecule has 0 spiro atoms. The van der Waals surface area contributed by atoms with Crippen LogP contribution in [0.2, 0.25) is 0 Å². The summed E-state index contributed by atoms with van der Waals surface area (Å²) in [4.78, 5) is 4.64. The number of imidazole rings is 1. The van der Waals surface area contributed by atoms with Gasteiger partial charge >= 0.3 is 0 Å². The van der Waals surface area contributed by atoms with Gasteiger partial charge in [0.05, 0.1) is 16.9 Å². The van der Waals surface area contributed by atoms with E-state index in [-0.39, 0.29) is 0 Å². The fraction of sp³-hybridized carbons (Fsp3) is 0.533. The molecule has 1 fully saturated rings. The lowest BCUT2D eigenvalue weighted by molar-refractivity contribution is 0.167. The first kappa shape index (κ1) is 14.4. The summed E-state index contributed by atoms with van der Waals surface area (Å²) >= 11 is 9.62. The second-order valence-corrected chi connectivity index (χ2v) is 6.81. The molecule has 20 heavy (non-hydrogen) atoms. The molecule has 0 atom stereocenters. The Morgan fingerprint density at radius 3 is 2.90 bits per heavy atom. The van der Waals surface area contributed by atoms with Crippen molar-refractivity contribution in [1.29, 1.82) is 0 Å². The Kier molecular flexibility index (Phi) is 4.07. The van der Waals surface area contributed by atoms with Crippen molar-refractivity contribution in [2.24, 2.45) is 5.41 Å². The van der Waals surface area contributed by atoms with Crippen LogP contribution in [0.5, 0.6) is 0 Å². The van der Waals surface area contributed by atoms with Gasteiger partial charge in [-0.05, 0) is 42.9 Å². The minimum absolute atomic E-state index is 0.382. The van der Waals surface area contributed by atoms with Gasteiger partial charge in [0, 0.05) is 24.7 Å². The molecule has 3 nitrogen and oxygen atoms in total. The highest BCUT2D eigenvalue weighted by Gasteiger charge is 2.42. The lowest BCUT2D eigenvalue weighted by Crippen LogP contribution is -2.15. The van der Waals surface area contributed by atoms with Gasteiger partial charge in [-0.25, -0.2) is 4.98 Å². The largest absolute Gasteiger partial charge is 0.385 e. The Morgan fingerprint density at radius 2 is 2.25 bits per heavy atom. The minimum atomic E-state index is 0.382. The normalized spacial score (nSPS) is 16.8. The van der Waals surface area contributed by atoms with Crippen molar-refractivity contribution in [3.05, 3.63) is 28.5 Å². The van der Waals surface area contributed by atoms with Crippen molar-refractivity contribution in [2.45, 2.75) is 31.7 Å². The molecule has 1 aliphatic rings. The number of nitrogens with zero attached hydrogens (tertiary/aromatic N) is 2. The van der Waals surface area contributed by atoms with E-state index in [2.05, 4.69) is 31.5 Å². The number of halogens is 2. The van der Waals surface area contributed by atoms with Crippen LogP contribution in [0.25, 0.3) is 11.0 Å². The lowest BCUT2D eigenvalue weighted by atomic mass is 10.0. The lowest BCUT2D eigenvalue weighted by Gasteiger charge is -2.17. The summed E-state index contributed by atoms with van der Waals surface area (Å²) in [5.74, 6) is 1.41. The van der Waals surface area contributed by atoms with Crippen molar-refractivity contribution >= 4 is 38.6 Å². The van der Waals surface area contributed by atoms with Gasteiger partial charge in [0.15, 0.2) is 0 Å². The highest BCUT2D eigenvalue weighted by atomic mass is 79.9. The molecule has 0 aliphatic heterocycles. The van der Waals surface area contributed by atoms with Crippen LogP contribution in [0.3, 0.4) is 0 Å². The van der Waals surface area contributed by atoms with Gasteiger partial charge in [-0.1, -0.05) is 15.9 Å². The maximum atomic E-state index is 6.08. The molecular weight excluding hydrogens is 340 g/mol. The summed E-state index contributed by atoms with van der Waals surface area (Å²) in [6, 6.07) is 6.20. The van der Waals surface area contributed by atoms with Crippen molar-refractivity contribution < 1.29 is 4.74 Å². The van der Waals surface area contributed by atoms with Crippen LogP contribution in [-0.4, -0.2) is 23.3 Å². The number of ether oxygens (including phenoxy) is 1. The van der Waals surface area contributed by atoms with E-state index in [1.165, 1.54) is 18.4 Å². The van der Waals surface area contributed by atoms with Crippen molar-refractivity contribution in [3.63, 3.8) is 0 Å². The first-order valence-electron chi connectivity index (χ1n) is 6.87. The monoisotopic (exact) mass is 356 g/mol. The maximum Gasteiger partial charge on any atom is 0.124 e. The molecule has 5 heteroatoms. The van der Waals surface area contributed by atoms with Crippen LogP contribution in [0.15, 0.2) is 22.7 Å². The highest BCUT2D eigenvalue weighted by Crippen LogP contribution is 2.50. The molecule has 0 radical (unpaired) electrons. The SMILES string of the molecule is COCCC1(Cn2c(CCl)nc3ccc(Br)cc32)CC1. The van der Waals surface area contributed by atoms with Gasteiger partial charge in [-0.3, -0.25) is 0 Å². The number of aromatic nitrogens is 2. The summed E-state index contributed by atoms with van der Waals surface area (Å²) in [6.07, 6.45) is 3.65. The van der Waals surface area contributed by atoms with Gasteiger partial charge in [0.2, 0.25) is 0 Å². The number of hydrogen-bond acceptors (Lipinski definition) is 2. The fourth-order valence-corrected chi connectivity index (χ4v) is 3.30. The third-order valence-electron chi connectivity index (χ3n) is 4.20. The summed E-state index contributed by atoms with van der Waals surface area (Å²) in [5.41, 5.74) is 2.57. The number of alkyl halides is 1.